The minimum atomic E-state index is -0.931. The topological polar surface area (TPSA) is 131 Å². The third-order valence-corrected chi connectivity index (χ3v) is 4.45. The zero-order valence-corrected chi connectivity index (χ0v) is 15.6. The van der Waals surface area contributed by atoms with Gasteiger partial charge in [-0.15, -0.1) is 0 Å². The van der Waals surface area contributed by atoms with Crippen molar-refractivity contribution in [2.45, 2.75) is 31.8 Å². The lowest BCUT2D eigenvalue weighted by Crippen LogP contribution is -2.33. The average molecular weight is 400 g/mol. The molecule has 3 N–H and O–H groups in total. The number of benzene rings is 1. The molecule has 0 unspecified atom stereocenters. The molecule has 0 aliphatic carbocycles. The number of nitrogens with zero attached hydrogens (tertiary/aromatic N) is 1. The van der Waals surface area contributed by atoms with Gasteiger partial charge in [0.15, 0.2) is 6.61 Å². The van der Waals surface area contributed by atoms with Crippen molar-refractivity contribution in [3.05, 3.63) is 68.0 Å². The Labute approximate surface area is 165 Å². The fraction of sp³-hybridized carbons (Fsp3) is 0.350. The molecule has 9 heteroatoms. The smallest absolute Gasteiger partial charge is 0.339 e. The van der Waals surface area contributed by atoms with E-state index in [1.54, 1.807) is 24.3 Å². The molecule has 1 aromatic heterocycles. The number of aromatic nitrogens is 2. The first-order chi connectivity index (χ1) is 13.9. The minimum absolute atomic E-state index is 0.0264. The van der Waals surface area contributed by atoms with Crippen molar-refractivity contribution < 1.29 is 24.5 Å². The van der Waals surface area contributed by atoms with Gasteiger partial charge in [0.2, 0.25) is 0 Å². The van der Waals surface area contributed by atoms with Crippen molar-refractivity contribution in [2.24, 2.45) is 0 Å². The van der Waals surface area contributed by atoms with E-state index in [9.17, 15) is 19.5 Å². The van der Waals surface area contributed by atoms with E-state index in [-0.39, 0.29) is 18.6 Å². The van der Waals surface area contributed by atoms with Gasteiger partial charge in [-0.2, -0.15) is 0 Å². The van der Waals surface area contributed by atoms with Gasteiger partial charge in [0.05, 0.1) is 18.3 Å². The van der Waals surface area contributed by atoms with Crippen LogP contribution in [0.1, 0.15) is 34.1 Å². The zero-order valence-electron chi connectivity index (χ0n) is 15.6. The van der Waals surface area contributed by atoms with Gasteiger partial charge in [-0.1, -0.05) is 29.5 Å². The Morgan fingerprint density at radius 1 is 1.34 bits per heavy atom. The molecule has 0 radical (unpaired) electrons. The highest BCUT2D eigenvalue weighted by atomic mass is 16.5. The monoisotopic (exact) mass is 400 g/mol. The van der Waals surface area contributed by atoms with Crippen molar-refractivity contribution >= 4 is 5.97 Å². The second kappa shape index (κ2) is 8.87. The Balaban J connectivity index is 1.70. The van der Waals surface area contributed by atoms with E-state index in [4.69, 9.17) is 14.6 Å². The van der Waals surface area contributed by atoms with Crippen molar-refractivity contribution in [1.82, 2.24) is 9.55 Å². The van der Waals surface area contributed by atoms with Crippen LogP contribution < -0.4 is 11.2 Å². The second-order valence-corrected chi connectivity index (χ2v) is 6.57. The Kier molecular flexibility index (Phi) is 6.29. The number of aliphatic hydroxyl groups excluding tert-OH is 2. The maximum Gasteiger partial charge on any atom is 0.339 e. The van der Waals surface area contributed by atoms with E-state index in [2.05, 4.69) is 16.8 Å². The molecule has 0 saturated carbocycles. The summed E-state index contributed by atoms with van der Waals surface area (Å²) in [7, 11) is 0. The second-order valence-electron chi connectivity index (χ2n) is 6.57. The number of esters is 1. The highest BCUT2D eigenvalue weighted by molar-refractivity contribution is 5.89. The van der Waals surface area contributed by atoms with E-state index in [0.29, 0.717) is 5.56 Å². The molecule has 152 valence electrons. The fourth-order valence-corrected chi connectivity index (χ4v) is 2.84. The zero-order chi connectivity index (χ0) is 21.0. The molecular weight excluding hydrogens is 380 g/mol. The summed E-state index contributed by atoms with van der Waals surface area (Å²) in [6.07, 6.45) is -1.29. The molecule has 1 aliphatic heterocycles. The predicted octanol–water partition coefficient (Wildman–Crippen LogP) is -0.306. The van der Waals surface area contributed by atoms with Gasteiger partial charge in [0.1, 0.15) is 17.9 Å². The lowest BCUT2D eigenvalue weighted by Gasteiger charge is -2.14. The molecule has 1 aromatic carbocycles. The molecule has 3 atom stereocenters. The van der Waals surface area contributed by atoms with Crippen molar-refractivity contribution in [3.63, 3.8) is 0 Å². The SMILES string of the molecule is Cc1ccc(C(=O)OCC#Cc2cn([C@H]3C[C@H](O)[C@@H](CO)O3)c(=O)[nH]c2=O)cc1. The largest absolute Gasteiger partial charge is 0.449 e. The van der Waals surface area contributed by atoms with Crippen LogP contribution in [0.15, 0.2) is 40.1 Å². The van der Waals surface area contributed by atoms with Crippen LogP contribution in [0.3, 0.4) is 0 Å². The molecule has 0 amide bonds. The van der Waals surface area contributed by atoms with Gasteiger partial charge in [0, 0.05) is 12.6 Å². The summed E-state index contributed by atoms with van der Waals surface area (Å²) >= 11 is 0. The summed E-state index contributed by atoms with van der Waals surface area (Å²) in [6.45, 7) is 1.27. The van der Waals surface area contributed by atoms with Crippen LogP contribution in [0, 0.1) is 18.8 Å². The summed E-state index contributed by atoms with van der Waals surface area (Å²) in [5, 5.41) is 19.0. The number of H-pyrrole nitrogens is 1. The van der Waals surface area contributed by atoms with Crippen LogP contribution >= 0.6 is 0 Å². The van der Waals surface area contributed by atoms with Crippen LogP contribution in [0.25, 0.3) is 0 Å². The van der Waals surface area contributed by atoms with Crippen LogP contribution in [-0.4, -0.2) is 51.2 Å². The van der Waals surface area contributed by atoms with Crippen molar-refractivity contribution in [1.29, 1.82) is 0 Å². The standard InChI is InChI=1S/C20H20N2O7/c1-12-4-6-13(7-5-12)19(26)28-8-2-3-14-10-22(20(27)21-18(14)25)17-9-15(24)16(11-23)29-17/h4-7,10,15-17,23-24H,8-9,11H2,1H3,(H,21,25,27)/t15-,16+,17+/m0/s1. The number of ether oxygens (including phenoxy) is 2. The molecule has 29 heavy (non-hydrogen) atoms. The first-order valence-corrected chi connectivity index (χ1v) is 8.91. The lowest BCUT2D eigenvalue weighted by molar-refractivity contribution is -0.0459. The van der Waals surface area contributed by atoms with Crippen molar-refractivity contribution in [3.8, 4) is 11.8 Å². The number of rotatable bonds is 4. The first-order valence-electron chi connectivity index (χ1n) is 8.91. The Bertz CT molecular complexity index is 1060. The van der Waals surface area contributed by atoms with Gasteiger partial charge in [-0.3, -0.25) is 14.3 Å². The maximum absolute atomic E-state index is 12.0. The number of carbonyl (C=O) groups is 1. The van der Waals surface area contributed by atoms with E-state index in [1.165, 1.54) is 6.20 Å². The summed E-state index contributed by atoms with van der Waals surface area (Å²) in [6, 6.07) is 6.85. The number of aromatic amines is 1. The van der Waals surface area contributed by atoms with Gasteiger partial charge in [-0.25, -0.2) is 9.59 Å². The molecule has 2 heterocycles. The number of nitrogens with one attached hydrogen (secondary N) is 1. The van der Waals surface area contributed by atoms with Crippen LogP contribution in [0.5, 0.6) is 0 Å². The molecule has 2 aromatic rings. The number of aryl methyl sites for hydroxylation is 1. The highest BCUT2D eigenvalue weighted by Gasteiger charge is 2.35. The highest BCUT2D eigenvalue weighted by Crippen LogP contribution is 2.27. The normalized spacial score (nSPS) is 20.7. The third kappa shape index (κ3) is 4.81. The molecule has 1 fully saturated rings. The third-order valence-electron chi connectivity index (χ3n) is 4.45. The molecule has 3 rings (SSSR count). The molecular formula is C20H20N2O7. The predicted molar refractivity (Wildman–Crippen MR) is 101 cm³/mol. The van der Waals surface area contributed by atoms with Gasteiger partial charge < -0.3 is 19.7 Å². The van der Waals surface area contributed by atoms with Crippen LogP contribution in [-0.2, 0) is 9.47 Å². The molecule has 9 nitrogen and oxygen atoms in total. The Hall–Kier alpha value is -3.19. The average Bonchev–Trinajstić information content (AvgIpc) is 3.07. The Morgan fingerprint density at radius 2 is 2.07 bits per heavy atom. The van der Waals surface area contributed by atoms with Crippen molar-refractivity contribution in [2.75, 3.05) is 13.2 Å². The van der Waals surface area contributed by atoms with Gasteiger partial charge in [-0.05, 0) is 19.1 Å². The van der Waals surface area contributed by atoms with E-state index in [0.717, 1.165) is 10.1 Å². The number of hydrogen-bond donors (Lipinski definition) is 3. The summed E-state index contributed by atoms with van der Waals surface area (Å²) in [5.74, 6) is 4.58. The number of carbonyl (C=O) groups excluding carboxylic acids is 1. The van der Waals surface area contributed by atoms with E-state index in [1.807, 2.05) is 6.92 Å². The number of hydrogen-bond acceptors (Lipinski definition) is 7. The number of aliphatic hydroxyl groups is 2. The molecule has 0 bridgehead atoms. The maximum atomic E-state index is 12.0. The molecule has 1 saturated heterocycles. The minimum Gasteiger partial charge on any atom is -0.449 e. The van der Waals surface area contributed by atoms with E-state index < -0.39 is 42.3 Å². The quantitative estimate of drug-likeness (QED) is 0.474. The van der Waals surface area contributed by atoms with Gasteiger partial charge >= 0.3 is 11.7 Å². The Morgan fingerprint density at radius 3 is 2.72 bits per heavy atom. The van der Waals surface area contributed by atoms with E-state index >= 15 is 0 Å². The summed E-state index contributed by atoms with van der Waals surface area (Å²) in [4.78, 5) is 38.1. The molecule has 0 spiro atoms. The van der Waals surface area contributed by atoms with Gasteiger partial charge in [0.25, 0.3) is 5.56 Å². The summed E-state index contributed by atoms with van der Waals surface area (Å²) in [5.41, 5.74) is -0.0385. The lowest BCUT2D eigenvalue weighted by atomic mass is 10.1. The first kappa shape index (κ1) is 20.5. The van der Waals surface area contributed by atoms with Crippen LogP contribution in [0.4, 0.5) is 0 Å². The summed E-state index contributed by atoms with van der Waals surface area (Å²) < 4.78 is 11.6. The molecule has 1 aliphatic rings. The fourth-order valence-electron chi connectivity index (χ4n) is 2.84. The van der Waals surface area contributed by atoms with Crippen LogP contribution in [0.2, 0.25) is 0 Å².